The second-order valence-corrected chi connectivity index (χ2v) is 21.5. The number of unbranched alkanes of at least 4 members (excludes halogenated alkanes) is 6. The summed E-state index contributed by atoms with van der Waals surface area (Å²) in [5.74, 6) is 3.60. The molecule has 11 heteroatoms. The van der Waals surface area contributed by atoms with E-state index in [4.69, 9.17) is 13.6 Å². The number of hydrogen-bond acceptors (Lipinski definition) is 6. The monoisotopic (exact) mass is 1150 g/mol. The minimum atomic E-state index is -1.81. The fraction of sp³-hybridized carbons (Fsp3) is 1.00. The van der Waals surface area contributed by atoms with Gasteiger partial charge < -0.3 is 13.6 Å². The molecule has 9 unspecified atom stereocenters. The van der Waals surface area contributed by atoms with Crippen molar-refractivity contribution in [2.75, 3.05) is 38.3 Å². The second-order valence-electron chi connectivity index (χ2n) is 17.2. The molecule has 0 heterocycles. The molecule has 0 saturated heterocycles. The normalized spacial score (nSPS) is 15.7. The summed E-state index contributed by atoms with van der Waals surface area (Å²) in [4.78, 5) is 0. The van der Waals surface area contributed by atoms with Crippen LogP contribution in [0.3, 0.4) is 0 Å². The van der Waals surface area contributed by atoms with Gasteiger partial charge in [0.15, 0.2) is 24.1 Å². The van der Waals surface area contributed by atoms with Crippen molar-refractivity contribution in [1.29, 1.82) is 0 Å². The van der Waals surface area contributed by atoms with Crippen molar-refractivity contribution in [1.82, 2.24) is 0 Å². The zero-order chi connectivity index (χ0) is 43.5. The maximum absolute atomic E-state index is 12.0. The smallest absolute Gasteiger partial charge is 0.191 e. The van der Waals surface area contributed by atoms with Crippen molar-refractivity contribution in [3.63, 3.8) is 0 Å². The molecule has 0 radical (unpaired) electrons. The fourth-order valence-corrected chi connectivity index (χ4v) is 11.6. The molecule has 0 aliphatic heterocycles. The molecular formula is C48H105Nd2O6P3. The van der Waals surface area contributed by atoms with Gasteiger partial charge in [-0.25, -0.2) is 0 Å². The third-order valence-electron chi connectivity index (χ3n) is 12.1. The van der Waals surface area contributed by atoms with Crippen LogP contribution >= 0.6 is 24.1 Å². The van der Waals surface area contributed by atoms with Crippen molar-refractivity contribution >= 4 is 24.1 Å². The first-order valence-electron chi connectivity index (χ1n) is 25.0. The van der Waals surface area contributed by atoms with Crippen LogP contribution in [0.25, 0.3) is 0 Å². The summed E-state index contributed by atoms with van der Waals surface area (Å²) in [6.07, 6.45) is 31.4. The molecule has 0 aromatic heterocycles. The van der Waals surface area contributed by atoms with E-state index in [1.807, 2.05) is 0 Å². The van der Waals surface area contributed by atoms with Gasteiger partial charge >= 0.3 is 0 Å². The third-order valence-corrected chi connectivity index (χ3v) is 16.3. The van der Waals surface area contributed by atoms with Crippen molar-refractivity contribution < 1.29 is 109 Å². The van der Waals surface area contributed by atoms with E-state index in [0.717, 1.165) is 57.0 Å². The predicted molar refractivity (Wildman–Crippen MR) is 259 cm³/mol. The van der Waals surface area contributed by atoms with Crippen molar-refractivity contribution in [2.45, 2.75) is 237 Å². The summed E-state index contributed by atoms with van der Waals surface area (Å²) in [6.45, 7) is 28.6. The summed E-state index contributed by atoms with van der Waals surface area (Å²) in [5.41, 5.74) is 0. The van der Waals surface area contributed by atoms with Gasteiger partial charge in [-0.15, -0.1) is 0 Å². The molecule has 0 spiro atoms. The van der Waals surface area contributed by atoms with Gasteiger partial charge in [-0.2, -0.15) is 0 Å². The first-order valence-corrected chi connectivity index (χ1v) is 29.6. The summed E-state index contributed by atoms with van der Waals surface area (Å²) in [7, 11) is -5.43. The van der Waals surface area contributed by atoms with Gasteiger partial charge in [-0.1, -0.05) is 199 Å². The Morgan fingerprint density at radius 1 is 0.305 bits per heavy atom. The van der Waals surface area contributed by atoms with Crippen LogP contribution in [0.5, 0.6) is 0 Å². The molecule has 0 amide bonds. The fourth-order valence-electron chi connectivity index (χ4n) is 7.04. The minimum absolute atomic E-state index is 0. The summed E-state index contributed by atoms with van der Waals surface area (Å²) in [6, 6.07) is 0. The quantitative estimate of drug-likeness (QED) is 0.0571. The molecule has 59 heavy (non-hydrogen) atoms. The maximum atomic E-state index is 12.0. The molecule has 0 aromatic carbocycles. The number of hydrogen-bond donors (Lipinski definition) is 0. The molecule has 6 nitrogen and oxygen atoms in total. The largest absolute Gasteiger partial charge is 0.330 e. The Morgan fingerprint density at radius 2 is 0.475 bits per heavy atom. The molecule has 9 atom stereocenters. The Morgan fingerprint density at radius 3 is 0.627 bits per heavy atom. The van der Waals surface area contributed by atoms with Crippen LogP contribution in [0.2, 0.25) is 0 Å². The van der Waals surface area contributed by atoms with Crippen LogP contribution in [0.1, 0.15) is 237 Å². The Hall–Kier alpha value is 3.27. The molecule has 0 aliphatic rings. The molecule has 0 saturated carbocycles. The van der Waals surface area contributed by atoms with Gasteiger partial charge in [0.25, 0.3) is 0 Å². The van der Waals surface area contributed by atoms with Crippen LogP contribution in [0, 0.1) is 117 Å². The summed E-state index contributed by atoms with van der Waals surface area (Å²) < 4.78 is 53.0. The average Bonchev–Trinajstić information content (AvgIpc) is 3.23. The SMILES string of the molecule is CCCCC(CC)CO[PH](=O)CC(CC)CCCC.CCCCC(CC)CO[PH](=O)CC(CC)CCCC.CCCCC(CC)CO[PH](=O)CC(CC)CCCC.[Nd].[Nd]. The van der Waals surface area contributed by atoms with Gasteiger partial charge in [0.2, 0.25) is 0 Å². The zero-order valence-corrected chi connectivity index (χ0v) is 51.0. The molecule has 0 rings (SSSR count). The molecular weight excluding hydrogens is 1050 g/mol. The van der Waals surface area contributed by atoms with Crippen molar-refractivity contribution in [2.24, 2.45) is 35.5 Å². The van der Waals surface area contributed by atoms with E-state index in [9.17, 15) is 13.7 Å². The van der Waals surface area contributed by atoms with Gasteiger partial charge in [-0.05, 0) is 74.0 Å². The molecule has 0 fully saturated rings. The van der Waals surface area contributed by atoms with E-state index >= 15 is 0 Å². The van der Waals surface area contributed by atoms with Gasteiger partial charge in [0.05, 0.1) is 19.8 Å². The Balaban J connectivity index is -0.000000243. The summed E-state index contributed by atoms with van der Waals surface area (Å²) in [5, 5.41) is 0. The van der Waals surface area contributed by atoms with E-state index in [2.05, 4.69) is 83.1 Å². The topological polar surface area (TPSA) is 78.9 Å². The molecule has 0 aromatic rings. The molecule has 0 bridgehead atoms. The van der Waals surface area contributed by atoms with E-state index in [1.54, 1.807) is 0 Å². The van der Waals surface area contributed by atoms with E-state index < -0.39 is 24.1 Å². The Kier molecular flexibility index (Phi) is 67.2. The average molecular weight is 1160 g/mol. The second kappa shape index (κ2) is 55.6. The summed E-state index contributed by atoms with van der Waals surface area (Å²) >= 11 is 0. The molecule has 0 N–H and O–H groups in total. The van der Waals surface area contributed by atoms with Gasteiger partial charge in [0, 0.05) is 100 Å². The number of rotatable bonds is 39. The first-order chi connectivity index (χ1) is 27.5. The molecule has 356 valence electrons. The van der Waals surface area contributed by atoms with E-state index in [1.165, 1.54) is 116 Å². The zero-order valence-electron chi connectivity index (χ0n) is 41.6. The molecule has 0 aliphatic carbocycles. The van der Waals surface area contributed by atoms with Crippen LogP contribution in [-0.2, 0) is 27.3 Å². The van der Waals surface area contributed by atoms with E-state index in [-0.39, 0.29) is 81.7 Å². The van der Waals surface area contributed by atoms with Crippen LogP contribution in [0.4, 0.5) is 0 Å². The Bertz CT molecular complexity index is 778. The third kappa shape index (κ3) is 49.0. The first kappa shape index (κ1) is 71.3. The van der Waals surface area contributed by atoms with Crippen LogP contribution < -0.4 is 0 Å². The van der Waals surface area contributed by atoms with Crippen LogP contribution in [0.15, 0.2) is 0 Å². The van der Waals surface area contributed by atoms with Crippen molar-refractivity contribution in [3.05, 3.63) is 0 Å². The van der Waals surface area contributed by atoms with Crippen molar-refractivity contribution in [3.8, 4) is 0 Å². The minimum Gasteiger partial charge on any atom is -0.330 e. The van der Waals surface area contributed by atoms with Gasteiger partial charge in [0.1, 0.15) is 0 Å². The standard InChI is InChI=1S/3C16H35O2P.2Nd/c3*1-5-9-11-15(7-3)13-18-19(17)14-16(8-4)12-10-6-2;;/h3*15-16,19H,5-14H2,1-4H3;;. The predicted octanol–water partition coefficient (Wildman–Crippen LogP) is 17.7. The Labute approximate surface area is 439 Å². The van der Waals surface area contributed by atoms with E-state index in [0.29, 0.717) is 55.3 Å². The maximum Gasteiger partial charge on any atom is 0.191 e. The van der Waals surface area contributed by atoms with Crippen LogP contribution in [-0.4, -0.2) is 38.3 Å². The van der Waals surface area contributed by atoms with Gasteiger partial charge in [-0.3, -0.25) is 13.7 Å².